The Morgan fingerprint density at radius 1 is 0.426 bits per heavy atom. The minimum absolute atomic E-state index is 0.143. The van der Waals surface area contributed by atoms with Crippen molar-refractivity contribution in [2.24, 2.45) is 0 Å². The Balaban J connectivity index is 0.000000499. The zero-order chi connectivity index (χ0) is 39.2. The predicted octanol–water partition coefficient (Wildman–Crippen LogP) is -2.41. The number of ether oxygens (including phenoxy) is 4. The van der Waals surface area contributed by atoms with Gasteiger partial charge >= 0.3 is 0 Å². The quantitative estimate of drug-likeness (QED) is 0.157. The van der Waals surface area contributed by atoms with E-state index >= 15 is 0 Å². The molecule has 0 unspecified atom stereocenters. The number of aromatic nitrogens is 2. The van der Waals surface area contributed by atoms with Crippen LogP contribution in [0.5, 0.6) is 23.0 Å². The van der Waals surface area contributed by atoms with Crippen molar-refractivity contribution in [1.29, 1.82) is 0 Å². The number of para-hydroxylation sites is 2. The smallest absolute Gasteiger partial charge is 0.211 e. The van der Waals surface area contributed by atoms with Crippen LogP contribution in [0.15, 0.2) is 109 Å². The molecule has 1 aliphatic rings. The summed E-state index contributed by atoms with van der Waals surface area (Å²) in [6.45, 7) is 0. The first kappa shape index (κ1) is 40.3. The minimum Gasteiger partial charge on any atom is -0.493 e. The summed E-state index contributed by atoms with van der Waals surface area (Å²) in [6.07, 6.45) is 4.13. The van der Waals surface area contributed by atoms with Gasteiger partial charge in [0.25, 0.3) is 0 Å². The van der Waals surface area contributed by atoms with Crippen molar-refractivity contribution in [3.8, 4) is 23.0 Å². The molecule has 0 bridgehead atoms. The number of nitrogens with one attached hydrogen (secondary N) is 2. The van der Waals surface area contributed by atoms with Crippen molar-refractivity contribution in [3.05, 3.63) is 132 Å². The molecule has 6 aromatic rings. The summed E-state index contributed by atoms with van der Waals surface area (Å²) in [7, 11) is -3.13. The highest BCUT2D eigenvalue weighted by atomic mass is 35.7. The maximum absolute atomic E-state index is 8.49. The molecule has 4 aromatic carbocycles. The monoisotopic (exact) mass is 782 g/mol. The van der Waals surface area contributed by atoms with Gasteiger partial charge in [0.05, 0.1) is 28.4 Å². The Morgan fingerprint density at radius 3 is 1.09 bits per heavy atom. The highest BCUT2D eigenvalue weighted by molar-refractivity contribution is 5.83. The number of pyridine rings is 2. The molecular weight excluding hydrogens is 747 g/mol. The van der Waals surface area contributed by atoms with Crippen LogP contribution >= 0.6 is 0 Å². The molecule has 7 rings (SSSR count). The van der Waals surface area contributed by atoms with E-state index in [1.54, 1.807) is 28.4 Å². The van der Waals surface area contributed by atoms with Gasteiger partial charge in [-0.25, -0.2) is 47.2 Å². The molecule has 14 nitrogen and oxygen atoms in total. The number of hydrogen-bond donors (Lipinski definition) is 0. The fourth-order valence-corrected chi connectivity index (χ4v) is 7.40. The molecule has 0 saturated heterocycles. The second-order valence-electron chi connectivity index (χ2n) is 12.0. The number of aromatic amines is 2. The lowest BCUT2D eigenvalue weighted by Gasteiger charge is -2.54. The van der Waals surface area contributed by atoms with Crippen LogP contribution in [0.25, 0.3) is 21.8 Å². The molecule has 1 fully saturated rings. The van der Waals surface area contributed by atoms with E-state index in [0.29, 0.717) is 0 Å². The molecule has 0 aliphatic heterocycles. The van der Waals surface area contributed by atoms with Crippen LogP contribution in [-0.4, -0.2) is 28.4 Å². The molecule has 2 aromatic heterocycles. The van der Waals surface area contributed by atoms with Gasteiger partial charge in [-0.05, 0) is 82.3 Å². The van der Waals surface area contributed by atoms with Crippen molar-refractivity contribution < 1.29 is 86.7 Å². The fourth-order valence-electron chi connectivity index (χ4n) is 7.40. The number of benzene rings is 4. The summed E-state index contributed by atoms with van der Waals surface area (Å²) < 4.78 is 90.9. The first-order chi connectivity index (χ1) is 25.7. The summed E-state index contributed by atoms with van der Waals surface area (Å²) in [5.74, 6) is 3.50. The van der Waals surface area contributed by atoms with E-state index in [0.717, 1.165) is 34.0 Å². The Labute approximate surface area is 314 Å². The van der Waals surface area contributed by atoms with Gasteiger partial charge in [0, 0.05) is 35.0 Å². The average Bonchev–Trinajstić information content (AvgIpc) is 3.13. The Kier molecular flexibility index (Phi) is 12.8. The van der Waals surface area contributed by atoms with E-state index in [9.17, 15) is 0 Å². The molecule has 0 spiro atoms. The number of methoxy groups -OCH3 is 4. The Morgan fingerprint density at radius 2 is 0.759 bits per heavy atom. The molecule has 2 N–H and O–H groups in total. The van der Waals surface area contributed by atoms with Crippen LogP contribution in [0.1, 0.15) is 45.9 Å². The molecule has 16 heteroatoms. The zero-order valence-corrected chi connectivity index (χ0v) is 30.9. The van der Waals surface area contributed by atoms with Crippen LogP contribution in [0.3, 0.4) is 0 Å². The largest absolute Gasteiger partial charge is 0.493 e. The standard InChI is InChI=1S/C38H34N2O4.2ClHO4/c1-41-31-15-13-23(21-33(31)43-3)35-37(27-17-19-39-29-11-7-5-9-25(27)29)36(24-14-16-32(42-2)34(22-24)44-4)38(35)28-18-20-40-30-12-8-6-10-26(28)30;2*2-1(3,4)5/h5-22,35-38H,1-4H3;2*(H,2,3,4,5). The van der Waals surface area contributed by atoms with Gasteiger partial charge in [0.1, 0.15) is 0 Å². The minimum atomic E-state index is -4.94. The van der Waals surface area contributed by atoms with Crippen molar-refractivity contribution in [1.82, 2.24) is 0 Å². The molecule has 1 saturated carbocycles. The summed E-state index contributed by atoms with van der Waals surface area (Å²) in [5, 5.41) is 2.45. The normalized spacial score (nSPS) is 18.0. The van der Waals surface area contributed by atoms with E-state index in [2.05, 4.69) is 107 Å². The second kappa shape index (κ2) is 17.1. The average molecular weight is 784 g/mol. The summed E-state index contributed by atoms with van der Waals surface area (Å²) in [5.41, 5.74) is 7.27. The van der Waals surface area contributed by atoms with E-state index in [-0.39, 0.29) is 23.7 Å². The third-order valence-corrected chi connectivity index (χ3v) is 9.33. The van der Waals surface area contributed by atoms with Gasteiger partial charge < -0.3 is 18.9 Å². The van der Waals surface area contributed by atoms with E-state index < -0.39 is 20.5 Å². The second-order valence-corrected chi connectivity index (χ2v) is 13.6. The highest BCUT2D eigenvalue weighted by Crippen LogP contribution is 2.68. The van der Waals surface area contributed by atoms with Crippen molar-refractivity contribution in [2.45, 2.75) is 23.7 Å². The number of H-pyrrole nitrogens is 2. The summed E-state index contributed by atoms with van der Waals surface area (Å²) >= 11 is 0. The van der Waals surface area contributed by atoms with Crippen LogP contribution in [0.2, 0.25) is 0 Å². The SMILES string of the molecule is COc1ccc(C2C(c3cc[nH+]c4ccccc34)C(c3ccc(OC)c(OC)c3)C2c2cc[nH+]c3ccccc23)cc1OC.[O-][Cl+3]([O-])([O-])[O-].[O-][Cl+3]([O-])([O-])[O-]. The molecule has 0 atom stereocenters. The number of halogens is 2. The van der Waals surface area contributed by atoms with E-state index in [1.807, 2.05) is 12.1 Å². The van der Waals surface area contributed by atoms with Gasteiger partial charge in [0.2, 0.25) is 11.0 Å². The number of fused-ring (bicyclic) bond motifs is 2. The predicted molar refractivity (Wildman–Crippen MR) is 171 cm³/mol. The van der Waals surface area contributed by atoms with Crippen molar-refractivity contribution in [3.63, 3.8) is 0 Å². The van der Waals surface area contributed by atoms with Crippen LogP contribution < -0.4 is 66.2 Å². The third kappa shape index (κ3) is 9.44. The van der Waals surface area contributed by atoms with Gasteiger partial charge in [0.15, 0.2) is 35.4 Å². The number of hydrogen-bond acceptors (Lipinski definition) is 12. The maximum Gasteiger partial charge on any atom is 0.211 e. The van der Waals surface area contributed by atoms with Gasteiger partial charge in [-0.15, -0.1) is 20.5 Å². The van der Waals surface area contributed by atoms with Crippen molar-refractivity contribution in [2.75, 3.05) is 28.4 Å². The fraction of sp³-hybridized carbons (Fsp3) is 0.211. The first-order valence-corrected chi connectivity index (χ1v) is 18.6. The van der Waals surface area contributed by atoms with Gasteiger partial charge in [-0.2, -0.15) is 0 Å². The Bertz CT molecular complexity index is 2010. The van der Waals surface area contributed by atoms with Crippen LogP contribution in [-0.2, 0) is 0 Å². The lowest BCUT2D eigenvalue weighted by molar-refractivity contribution is -2.00. The molecule has 2 heterocycles. The number of rotatable bonds is 8. The van der Waals surface area contributed by atoms with Crippen LogP contribution in [0, 0.1) is 20.5 Å². The summed E-state index contributed by atoms with van der Waals surface area (Å²) in [4.78, 5) is 6.92. The molecule has 54 heavy (non-hydrogen) atoms. The molecule has 284 valence electrons. The zero-order valence-electron chi connectivity index (χ0n) is 29.4. The lowest BCUT2D eigenvalue weighted by atomic mass is 9.48. The third-order valence-electron chi connectivity index (χ3n) is 9.33. The van der Waals surface area contributed by atoms with Crippen LogP contribution in [0.4, 0.5) is 0 Å². The lowest BCUT2D eigenvalue weighted by Crippen LogP contribution is -2.68. The highest BCUT2D eigenvalue weighted by Gasteiger charge is 2.54. The van der Waals surface area contributed by atoms with Gasteiger partial charge in [-0.1, -0.05) is 36.4 Å². The maximum atomic E-state index is 8.49. The topological polar surface area (TPSA) is 250 Å². The van der Waals surface area contributed by atoms with Crippen molar-refractivity contribution >= 4 is 21.8 Å². The van der Waals surface area contributed by atoms with E-state index in [4.69, 9.17) is 56.2 Å². The van der Waals surface area contributed by atoms with E-state index in [1.165, 1.54) is 33.0 Å². The molecule has 0 amide bonds. The summed E-state index contributed by atoms with van der Waals surface area (Å²) in [6, 6.07) is 34.4. The first-order valence-electron chi connectivity index (χ1n) is 16.1. The van der Waals surface area contributed by atoms with Gasteiger partial charge in [-0.3, -0.25) is 0 Å². The molecular formula is C38H36Cl2N2O12. The Hall–Kier alpha value is -4.84. The molecule has 1 aliphatic carbocycles. The molecule has 0 radical (unpaired) electrons.